The van der Waals surface area contributed by atoms with E-state index < -0.39 is 10.2 Å². The Morgan fingerprint density at radius 1 is 1.40 bits per heavy atom. The van der Waals surface area contributed by atoms with Crippen LogP contribution in [0.25, 0.3) is 0 Å². The fraction of sp³-hybridized carbons (Fsp3) is 0.471. The number of hydrogen-bond donors (Lipinski definition) is 0. The Kier molecular flexibility index (Phi) is 5.48. The van der Waals surface area contributed by atoms with Crippen molar-refractivity contribution in [1.82, 2.24) is 13.6 Å². The minimum Gasteiger partial charge on any atom is -0.445 e. The van der Waals surface area contributed by atoms with Crippen LogP contribution in [-0.2, 0) is 16.6 Å². The van der Waals surface area contributed by atoms with Crippen molar-refractivity contribution in [3.63, 3.8) is 0 Å². The molecule has 1 fully saturated rings. The van der Waals surface area contributed by atoms with Crippen LogP contribution < -0.4 is 0 Å². The van der Waals surface area contributed by atoms with Gasteiger partial charge in [0.1, 0.15) is 5.76 Å². The van der Waals surface area contributed by atoms with Gasteiger partial charge in [0.2, 0.25) is 0 Å². The molecular formula is C17H22ClN3O3S. The predicted molar refractivity (Wildman–Crippen MR) is 96.9 cm³/mol. The number of benzene rings is 1. The van der Waals surface area contributed by atoms with Crippen molar-refractivity contribution in [1.29, 1.82) is 0 Å². The van der Waals surface area contributed by atoms with Gasteiger partial charge in [0.15, 0.2) is 5.89 Å². The van der Waals surface area contributed by atoms with Crippen LogP contribution in [0.3, 0.4) is 0 Å². The molecule has 2 aromatic rings. The van der Waals surface area contributed by atoms with Crippen molar-refractivity contribution in [2.24, 2.45) is 0 Å². The summed E-state index contributed by atoms with van der Waals surface area (Å²) >= 11 is 6.01. The van der Waals surface area contributed by atoms with Gasteiger partial charge in [-0.25, -0.2) is 4.98 Å². The smallest absolute Gasteiger partial charge is 0.281 e. The number of aromatic nitrogens is 1. The van der Waals surface area contributed by atoms with Crippen LogP contribution in [0.1, 0.15) is 36.0 Å². The van der Waals surface area contributed by atoms with E-state index in [9.17, 15) is 8.42 Å². The molecule has 0 N–H and O–H groups in total. The van der Waals surface area contributed by atoms with Crippen LogP contribution in [0.15, 0.2) is 34.9 Å². The standard InChI is InChI=1S/C17H22ClN3O3S/c1-20(2)25(22,23)21-8-4-6-14(12-21)17-19-11-16(24-17)10-13-5-3-7-15(18)9-13/h3,5,7,9,11,14H,4,6,8,10,12H2,1-2H3. The quantitative estimate of drug-likeness (QED) is 0.796. The van der Waals surface area contributed by atoms with Gasteiger partial charge < -0.3 is 4.42 Å². The Labute approximate surface area is 153 Å². The molecule has 0 saturated carbocycles. The Hall–Kier alpha value is -1.41. The predicted octanol–water partition coefficient (Wildman–Crippen LogP) is 2.90. The van der Waals surface area contributed by atoms with Gasteiger partial charge >= 0.3 is 0 Å². The molecule has 2 heterocycles. The van der Waals surface area contributed by atoms with Gasteiger partial charge in [-0.3, -0.25) is 0 Å². The van der Waals surface area contributed by atoms with Crippen molar-refractivity contribution in [3.8, 4) is 0 Å². The molecule has 8 heteroatoms. The van der Waals surface area contributed by atoms with Crippen molar-refractivity contribution in [2.45, 2.75) is 25.2 Å². The molecular weight excluding hydrogens is 362 g/mol. The molecule has 1 atom stereocenters. The van der Waals surface area contributed by atoms with E-state index in [2.05, 4.69) is 4.98 Å². The highest BCUT2D eigenvalue weighted by molar-refractivity contribution is 7.86. The van der Waals surface area contributed by atoms with E-state index in [0.29, 0.717) is 30.4 Å². The lowest BCUT2D eigenvalue weighted by Crippen LogP contribution is -2.44. The molecule has 1 aromatic heterocycles. The lowest BCUT2D eigenvalue weighted by molar-refractivity contribution is 0.270. The second kappa shape index (κ2) is 7.45. The lowest BCUT2D eigenvalue weighted by atomic mass is 10.00. The topological polar surface area (TPSA) is 66.7 Å². The van der Waals surface area contributed by atoms with Gasteiger partial charge in [-0.2, -0.15) is 17.0 Å². The number of nitrogens with zero attached hydrogens (tertiary/aromatic N) is 3. The zero-order chi connectivity index (χ0) is 18.0. The average molecular weight is 384 g/mol. The molecule has 1 unspecified atom stereocenters. The molecule has 0 amide bonds. The fourth-order valence-electron chi connectivity index (χ4n) is 3.03. The van der Waals surface area contributed by atoms with Crippen LogP contribution in [0.5, 0.6) is 0 Å². The highest BCUT2D eigenvalue weighted by Gasteiger charge is 2.33. The van der Waals surface area contributed by atoms with Crippen LogP contribution in [0.4, 0.5) is 0 Å². The minimum atomic E-state index is -3.40. The summed E-state index contributed by atoms with van der Waals surface area (Å²) in [6.07, 6.45) is 4.00. The first-order chi connectivity index (χ1) is 11.9. The zero-order valence-corrected chi connectivity index (χ0v) is 15.9. The van der Waals surface area contributed by atoms with Gasteiger partial charge in [0.25, 0.3) is 10.2 Å². The van der Waals surface area contributed by atoms with Gasteiger partial charge in [0, 0.05) is 44.5 Å². The number of oxazole rings is 1. The third kappa shape index (κ3) is 4.23. The maximum atomic E-state index is 12.3. The van der Waals surface area contributed by atoms with Crippen molar-refractivity contribution in [2.75, 3.05) is 27.2 Å². The van der Waals surface area contributed by atoms with Crippen molar-refractivity contribution in [3.05, 3.63) is 52.7 Å². The number of hydrogen-bond acceptors (Lipinski definition) is 4. The van der Waals surface area contributed by atoms with Crippen molar-refractivity contribution >= 4 is 21.8 Å². The maximum Gasteiger partial charge on any atom is 0.281 e. The van der Waals surface area contributed by atoms with Crippen molar-refractivity contribution < 1.29 is 12.8 Å². The Morgan fingerprint density at radius 3 is 2.92 bits per heavy atom. The minimum absolute atomic E-state index is 0.0170. The monoisotopic (exact) mass is 383 g/mol. The molecule has 1 aliphatic heterocycles. The summed E-state index contributed by atoms with van der Waals surface area (Å²) in [6, 6.07) is 7.62. The molecule has 1 saturated heterocycles. The highest BCUT2D eigenvalue weighted by Crippen LogP contribution is 2.29. The average Bonchev–Trinajstić information content (AvgIpc) is 3.03. The van der Waals surface area contributed by atoms with Crippen LogP contribution in [0.2, 0.25) is 5.02 Å². The van der Waals surface area contributed by atoms with Crippen LogP contribution in [-0.4, -0.2) is 49.2 Å². The van der Waals surface area contributed by atoms with E-state index in [1.165, 1.54) is 8.61 Å². The van der Waals surface area contributed by atoms with E-state index in [-0.39, 0.29) is 5.92 Å². The molecule has 0 spiro atoms. The number of halogens is 1. The number of rotatable bonds is 5. The first-order valence-corrected chi connectivity index (χ1v) is 10.0. The summed E-state index contributed by atoms with van der Waals surface area (Å²) in [5.74, 6) is 1.34. The molecule has 0 radical (unpaired) electrons. The molecule has 136 valence electrons. The third-order valence-electron chi connectivity index (χ3n) is 4.36. The summed E-state index contributed by atoms with van der Waals surface area (Å²) in [5.41, 5.74) is 1.05. The van der Waals surface area contributed by atoms with E-state index in [0.717, 1.165) is 24.2 Å². The summed E-state index contributed by atoms with van der Waals surface area (Å²) in [7, 11) is -0.307. The molecule has 3 rings (SSSR count). The third-order valence-corrected chi connectivity index (χ3v) is 6.50. The zero-order valence-electron chi connectivity index (χ0n) is 14.4. The maximum absolute atomic E-state index is 12.3. The highest BCUT2D eigenvalue weighted by atomic mass is 35.5. The Morgan fingerprint density at radius 2 is 2.20 bits per heavy atom. The first-order valence-electron chi connectivity index (χ1n) is 8.23. The fourth-order valence-corrected chi connectivity index (χ4v) is 4.43. The lowest BCUT2D eigenvalue weighted by Gasteiger charge is -2.32. The van der Waals surface area contributed by atoms with Gasteiger partial charge in [-0.15, -0.1) is 0 Å². The van der Waals surface area contributed by atoms with Gasteiger partial charge in [0.05, 0.1) is 6.20 Å². The summed E-state index contributed by atoms with van der Waals surface area (Å²) in [5, 5.41) is 0.689. The Bertz CT molecular complexity index is 835. The van der Waals surface area contributed by atoms with E-state index in [1.807, 2.05) is 24.3 Å². The number of piperidine rings is 1. The summed E-state index contributed by atoms with van der Waals surface area (Å²) in [4.78, 5) is 4.39. The molecule has 25 heavy (non-hydrogen) atoms. The second-order valence-electron chi connectivity index (χ2n) is 6.46. The largest absolute Gasteiger partial charge is 0.445 e. The van der Waals surface area contributed by atoms with Crippen LogP contribution in [0, 0.1) is 0 Å². The molecule has 0 bridgehead atoms. The van der Waals surface area contributed by atoms with Gasteiger partial charge in [-0.05, 0) is 30.5 Å². The van der Waals surface area contributed by atoms with E-state index in [4.69, 9.17) is 16.0 Å². The van der Waals surface area contributed by atoms with Crippen LogP contribution >= 0.6 is 11.6 Å². The van der Waals surface area contributed by atoms with E-state index >= 15 is 0 Å². The second-order valence-corrected chi connectivity index (χ2v) is 9.04. The molecule has 6 nitrogen and oxygen atoms in total. The SMILES string of the molecule is CN(C)S(=O)(=O)N1CCCC(c2ncc(Cc3cccc(Cl)c3)o2)C1. The molecule has 0 aliphatic carbocycles. The van der Waals surface area contributed by atoms with Gasteiger partial charge in [-0.1, -0.05) is 23.7 Å². The molecule has 1 aliphatic rings. The summed E-state index contributed by atoms with van der Waals surface area (Å²) < 4.78 is 33.3. The Balaban J connectivity index is 1.71. The summed E-state index contributed by atoms with van der Waals surface area (Å²) in [6.45, 7) is 0.935. The molecule has 1 aromatic carbocycles. The van der Waals surface area contributed by atoms with E-state index in [1.54, 1.807) is 20.3 Å². The first kappa shape index (κ1) is 18.4. The normalized spacial score (nSPS) is 19.4.